The minimum Gasteiger partial charge on any atom is -0.379 e. The molecule has 21 heavy (non-hydrogen) atoms. The van der Waals surface area contributed by atoms with Gasteiger partial charge in [0.25, 0.3) is 5.91 Å². The van der Waals surface area contributed by atoms with Crippen LogP contribution in [-0.2, 0) is 11.2 Å². The highest BCUT2D eigenvalue weighted by Gasteiger charge is 2.19. The molecule has 0 radical (unpaired) electrons. The number of ether oxygens (including phenoxy) is 1. The van der Waals surface area contributed by atoms with Crippen LogP contribution in [0, 0.1) is 0 Å². The van der Waals surface area contributed by atoms with Crippen molar-refractivity contribution in [1.82, 2.24) is 10.3 Å². The summed E-state index contributed by atoms with van der Waals surface area (Å²) in [5, 5.41) is 6.29. The third-order valence-corrected chi connectivity index (χ3v) is 3.47. The van der Waals surface area contributed by atoms with Crippen LogP contribution >= 0.6 is 0 Å². The lowest BCUT2D eigenvalue weighted by atomic mass is 10.1. The molecule has 0 saturated carbocycles. The molecule has 2 N–H and O–H groups in total. The number of pyridine rings is 1. The topological polar surface area (TPSA) is 63.2 Å². The van der Waals surface area contributed by atoms with Gasteiger partial charge in [-0.05, 0) is 31.4 Å². The number of amides is 1. The number of nitrogens with one attached hydrogen (secondary N) is 2. The predicted octanol–water partition coefficient (Wildman–Crippen LogP) is 2.37. The summed E-state index contributed by atoms with van der Waals surface area (Å²) in [5.41, 5.74) is 1.64. The summed E-state index contributed by atoms with van der Waals surface area (Å²) in [6.45, 7) is 6.42. The molecule has 0 aromatic carbocycles. The van der Waals surface area contributed by atoms with E-state index in [4.69, 9.17) is 4.74 Å². The van der Waals surface area contributed by atoms with Gasteiger partial charge in [0.1, 0.15) is 5.82 Å². The lowest BCUT2D eigenvalue weighted by Gasteiger charge is -2.13. The van der Waals surface area contributed by atoms with Gasteiger partial charge in [-0.25, -0.2) is 4.98 Å². The standard InChI is InChI=1S/C16H25N3O2/c1-3-5-13-9-12(10-15(18-13)17-7-4-2)16(20)19-14-6-8-21-11-14/h9-10,14H,3-8,11H2,1-2H3,(H,17,18)(H,19,20). The average Bonchev–Trinajstić information content (AvgIpc) is 2.98. The number of aryl methyl sites for hydroxylation is 1. The molecule has 0 aliphatic carbocycles. The second-order valence-electron chi connectivity index (χ2n) is 5.44. The second-order valence-corrected chi connectivity index (χ2v) is 5.44. The number of anilines is 1. The van der Waals surface area contributed by atoms with E-state index in [9.17, 15) is 4.79 Å². The van der Waals surface area contributed by atoms with Crippen LogP contribution in [0.25, 0.3) is 0 Å². The van der Waals surface area contributed by atoms with E-state index in [0.29, 0.717) is 12.2 Å². The quantitative estimate of drug-likeness (QED) is 0.809. The molecule has 2 rings (SSSR count). The van der Waals surface area contributed by atoms with Crippen LogP contribution in [0.15, 0.2) is 12.1 Å². The van der Waals surface area contributed by atoms with Gasteiger partial charge in [-0.1, -0.05) is 20.3 Å². The Morgan fingerprint density at radius 3 is 2.90 bits per heavy atom. The Morgan fingerprint density at radius 1 is 1.38 bits per heavy atom. The normalized spacial score (nSPS) is 17.7. The summed E-state index contributed by atoms with van der Waals surface area (Å²) >= 11 is 0. The summed E-state index contributed by atoms with van der Waals surface area (Å²) < 4.78 is 5.29. The SMILES string of the molecule is CCCNc1cc(C(=O)NC2CCOC2)cc(CCC)n1. The fourth-order valence-electron chi connectivity index (χ4n) is 2.36. The minimum atomic E-state index is -0.0372. The number of carbonyl (C=O) groups is 1. The zero-order chi connectivity index (χ0) is 15.1. The highest BCUT2D eigenvalue weighted by Crippen LogP contribution is 2.13. The van der Waals surface area contributed by atoms with Crippen molar-refractivity contribution in [2.24, 2.45) is 0 Å². The van der Waals surface area contributed by atoms with Gasteiger partial charge in [0.15, 0.2) is 0 Å². The predicted molar refractivity (Wildman–Crippen MR) is 83.7 cm³/mol. The first-order valence-corrected chi connectivity index (χ1v) is 7.86. The lowest BCUT2D eigenvalue weighted by molar-refractivity contribution is 0.0929. The highest BCUT2D eigenvalue weighted by atomic mass is 16.5. The summed E-state index contributed by atoms with van der Waals surface area (Å²) in [5.74, 6) is 0.750. The molecule has 116 valence electrons. The van der Waals surface area contributed by atoms with E-state index in [1.807, 2.05) is 12.1 Å². The van der Waals surface area contributed by atoms with Crippen molar-refractivity contribution in [2.45, 2.75) is 45.6 Å². The number of aromatic nitrogens is 1. The van der Waals surface area contributed by atoms with Crippen molar-refractivity contribution in [1.29, 1.82) is 0 Å². The lowest BCUT2D eigenvalue weighted by Crippen LogP contribution is -2.35. The molecule has 1 aliphatic rings. The molecule has 1 aromatic rings. The smallest absolute Gasteiger partial charge is 0.251 e. The van der Waals surface area contributed by atoms with E-state index in [-0.39, 0.29) is 11.9 Å². The molecule has 0 bridgehead atoms. The highest BCUT2D eigenvalue weighted by molar-refractivity contribution is 5.95. The third-order valence-electron chi connectivity index (χ3n) is 3.47. The van der Waals surface area contributed by atoms with Crippen molar-refractivity contribution in [2.75, 3.05) is 25.1 Å². The zero-order valence-corrected chi connectivity index (χ0v) is 12.9. The van der Waals surface area contributed by atoms with Gasteiger partial charge in [-0.3, -0.25) is 4.79 Å². The van der Waals surface area contributed by atoms with Gasteiger partial charge < -0.3 is 15.4 Å². The number of nitrogens with zero attached hydrogens (tertiary/aromatic N) is 1. The Kier molecular flexibility index (Phi) is 5.99. The molecule has 1 atom stereocenters. The largest absolute Gasteiger partial charge is 0.379 e. The molecule has 0 spiro atoms. The number of hydrogen-bond acceptors (Lipinski definition) is 4. The van der Waals surface area contributed by atoms with Gasteiger partial charge in [0.05, 0.1) is 12.6 Å². The molecule has 1 fully saturated rings. The van der Waals surface area contributed by atoms with Crippen LogP contribution in [-0.4, -0.2) is 36.7 Å². The number of carbonyl (C=O) groups excluding carboxylic acids is 1. The number of rotatable bonds is 7. The van der Waals surface area contributed by atoms with Gasteiger partial charge in [0.2, 0.25) is 0 Å². The van der Waals surface area contributed by atoms with Crippen molar-refractivity contribution in [3.05, 3.63) is 23.4 Å². The first-order chi connectivity index (χ1) is 10.2. The molecule has 1 unspecified atom stereocenters. The third kappa shape index (κ3) is 4.70. The van der Waals surface area contributed by atoms with E-state index < -0.39 is 0 Å². The molecular weight excluding hydrogens is 266 g/mol. The summed E-state index contributed by atoms with van der Waals surface area (Å²) in [6, 6.07) is 3.86. The Balaban J connectivity index is 2.11. The Hall–Kier alpha value is -1.62. The first-order valence-electron chi connectivity index (χ1n) is 7.86. The molecule has 1 aliphatic heterocycles. The molecule has 2 heterocycles. The summed E-state index contributed by atoms with van der Waals surface area (Å²) in [6.07, 6.45) is 3.82. The van der Waals surface area contributed by atoms with Crippen molar-refractivity contribution < 1.29 is 9.53 Å². The van der Waals surface area contributed by atoms with E-state index in [2.05, 4.69) is 29.5 Å². The van der Waals surface area contributed by atoms with Crippen molar-refractivity contribution in [3.63, 3.8) is 0 Å². The Morgan fingerprint density at radius 2 is 2.24 bits per heavy atom. The molecule has 5 nitrogen and oxygen atoms in total. The minimum absolute atomic E-state index is 0.0372. The van der Waals surface area contributed by atoms with E-state index in [1.54, 1.807) is 0 Å². The van der Waals surface area contributed by atoms with Gasteiger partial charge >= 0.3 is 0 Å². The molecule has 5 heteroatoms. The molecule has 1 amide bonds. The first kappa shape index (κ1) is 15.8. The summed E-state index contributed by atoms with van der Waals surface area (Å²) in [4.78, 5) is 16.9. The average molecular weight is 291 g/mol. The maximum Gasteiger partial charge on any atom is 0.251 e. The van der Waals surface area contributed by atoms with Crippen LogP contribution < -0.4 is 10.6 Å². The maximum absolute atomic E-state index is 12.4. The maximum atomic E-state index is 12.4. The van der Waals surface area contributed by atoms with Crippen LogP contribution in [0.3, 0.4) is 0 Å². The van der Waals surface area contributed by atoms with Gasteiger partial charge in [0, 0.05) is 24.4 Å². The van der Waals surface area contributed by atoms with E-state index >= 15 is 0 Å². The molecule has 1 aromatic heterocycles. The fraction of sp³-hybridized carbons (Fsp3) is 0.625. The fourth-order valence-corrected chi connectivity index (χ4v) is 2.36. The Labute approximate surface area is 126 Å². The van der Waals surface area contributed by atoms with Crippen LogP contribution in [0.5, 0.6) is 0 Å². The monoisotopic (exact) mass is 291 g/mol. The van der Waals surface area contributed by atoms with Crippen LogP contribution in [0.1, 0.15) is 49.2 Å². The zero-order valence-electron chi connectivity index (χ0n) is 12.9. The van der Waals surface area contributed by atoms with Crippen molar-refractivity contribution >= 4 is 11.7 Å². The summed E-state index contributed by atoms with van der Waals surface area (Å²) in [7, 11) is 0. The van der Waals surface area contributed by atoms with E-state index in [1.165, 1.54) is 0 Å². The molecular formula is C16H25N3O2. The number of hydrogen-bond donors (Lipinski definition) is 2. The van der Waals surface area contributed by atoms with Gasteiger partial charge in [-0.15, -0.1) is 0 Å². The van der Waals surface area contributed by atoms with Crippen LogP contribution in [0.4, 0.5) is 5.82 Å². The van der Waals surface area contributed by atoms with Crippen LogP contribution in [0.2, 0.25) is 0 Å². The van der Waals surface area contributed by atoms with Gasteiger partial charge in [-0.2, -0.15) is 0 Å². The van der Waals surface area contributed by atoms with E-state index in [0.717, 1.165) is 50.3 Å². The molecule has 1 saturated heterocycles. The van der Waals surface area contributed by atoms with Crippen molar-refractivity contribution in [3.8, 4) is 0 Å². The Bertz CT molecular complexity index is 471. The second kappa shape index (κ2) is 7.98.